The van der Waals surface area contributed by atoms with Gasteiger partial charge in [-0.2, -0.15) is 5.26 Å². The number of nitriles is 1. The van der Waals surface area contributed by atoms with Crippen molar-refractivity contribution < 1.29 is 13.5 Å². The van der Waals surface area contributed by atoms with E-state index in [0.717, 1.165) is 12.1 Å². The van der Waals surface area contributed by atoms with E-state index in [0.29, 0.717) is 6.61 Å². The molecule has 0 saturated carbocycles. The number of halogens is 2. The molecule has 0 amide bonds. The minimum atomic E-state index is -0.710. The molecule has 5 heteroatoms. The fourth-order valence-corrected chi connectivity index (χ4v) is 1.42. The van der Waals surface area contributed by atoms with Crippen molar-refractivity contribution in [3.05, 3.63) is 34.9 Å². The van der Waals surface area contributed by atoms with Gasteiger partial charge in [0, 0.05) is 25.3 Å². The minimum Gasteiger partial charge on any atom is -0.383 e. The van der Waals surface area contributed by atoms with Crippen LogP contribution in [0.5, 0.6) is 0 Å². The zero-order chi connectivity index (χ0) is 12.8. The van der Waals surface area contributed by atoms with Crippen molar-refractivity contribution in [2.24, 2.45) is 0 Å². The quantitative estimate of drug-likeness (QED) is 0.855. The highest BCUT2D eigenvalue weighted by molar-refractivity contribution is 5.34. The number of benzene rings is 1. The summed E-state index contributed by atoms with van der Waals surface area (Å²) in [6.07, 6.45) is 0. The van der Waals surface area contributed by atoms with Gasteiger partial charge in [0.2, 0.25) is 0 Å². The summed E-state index contributed by atoms with van der Waals surface area (Å²) in [7, 11) is 1.56. The SMILES string of the molecule is COC[C@@H](C)NCc1c(F)cc(C#N)cc1F. The molecule has 0 unspecified atom stereocenters. The largest absolute Gasteiger partial charge is 0.383 e. The summed E-state index contributed by atoms with van der Waals surface area (Å²) in [5, 5.41) is 11.5. The Bertz CT molecular complexity index is 406. The summed E-state index contributed by atoms with van der Waals surface area (Å²) in [6, 6.07) is 3.75. The Morgan fingerprint density at radius 1 is 1.41 bits per heavy atom. The lowest BCUT2D eigenvalue weighted by atomic mass is 10.1. The van der Waals surface area contributed by atoms with E-state index in [9.17, 15) is 8.78 Å². The molecular weight excluding hydrogens is 226 g/mol. The van der Waals surface area contributed by atoms with Crippen molar-refractivity contribution in [1.29, 1.82) is 5.26 Å². The molecule has 1 N–H and O–H groups in total. The Labute approximate surface area is 99.0 Å². The lowest BCUT2D eigenvalue weighted by molar-refractivity contribution is 0.171. The highest BCUT2D eigenvalue weighted by Crippen LogP contribution is 2.15. The predicted molar refractivity (Wildman–Crippen MR) is 59.3 cm³/mol. The van der Waals surface area contributed by atoms with E-state index in [-0.39, 0.29) is 23.7 Å². The second-order valence-electron chi connectivity index (χ2n) is 3.77. The van der Waals surface area contributed by atoms with Crippen molar-refractivity contribution >= 4 is 0 Å². The molecule has 1 aromatic carbocycles. The van der Waals surface area contributed by atoms with E-state index < -0.39 is 11.6 Å². The molecule has 0 aliphatic carbocycles. The smallest absolute Gasteiger partial charge is 0.131 e. The predicted octanol–water partition coefficient (Wildman–Crippen LogP) is 1.96. The first-order chi connectivity index (χ1) is 8.08. The van der Waals surface area contributed by atoms with E-state index in [1.165, 1.54) is 0 Å². The van der Waals surface area contributed by atoms with Gasteiger partial charge in [0.1, 0.15) is 11.6 Å². The van der Waals surface area contributed by atoms with Gasteiger partial charge in [-0.15, -0.1) is 0 Å². The Kier molecular flexibility index (Phi) is 5.01. The van der Waals surface area contributed by atoms with Crippen molar-refractivity contribution in [3.63, 3.8) is 0 Å². The molecule has 0 aliphatic heterocycles. The van der Waals surface area contributed by atoms with Gasteiger partial charge in [-0.3, -0.25) is 0 Å². The van der Waals surface area contributed by atoms with Crippen LogP contribution in [0, 0.1) is 23.0 Å². The van der Waals surface area contributed by atoms with Crippen LogP contribution in [-0.2, 0) is 11.3 Å². The minimum absolute atomic E-state index is 0.00515. The molecule has 0 bridgehead atoms. The number of nitrogens with zero attached hydrogens (tertiary/aromatic N) is 1. The lowest BCUT2D eigenvalue weighted by Crippen LogP contribution is -2.30. The van der Waals surface area contributed by atoms with Gasteiger partial charge in [-0.1, -0.05) is 0 Å². The second kappa shape index (κ2) is 6.28. The van der Waals surface area contributed by atoms with Crippen LogP contribution in [0.4, 0.5) is 8.78 Å². The van der Waals surface area contributed by atoms with E-state index >= 15 is 0 Å². The van der Waals surface area contributed by atoms with Crippen LogP contribution in [0.2, 0.25) is 0 Å². The summed E-state index contributed by atoms with van der Waals surface area (Å²) in [4.78, 5) is 0. The molecule has 3 nitrogen and oxygen atoms in total. The topological polar surface area (TPSA) is 45.0 Å². The van der Waals surface area contributed by atoms with Gasteiger partial charge in [0.05, 0.1) is 18.2 Å². The van der Waals surface area contributed by atoms with Crippen LogP contribution < -0.4 is 5.32 Å². The molecule has 1 atom stereocenters. The summed E-state index contributed by atoms with van der Waals surface area (Å²) < 4.78 is 31.8. The molecule has 0 radical (unpaired) electrons. The lowest BCUT2D eigenvalue weighted by Gasteiger charge is -2.13. The molecular formula is C12H14F2N2O. The van der Waals surface area contributed by atoms with Crippen molar-refractivity contribution in [1.82, 2.24) is 5.32 Å². The molecule has 0 heterocycles. The average Bonchev–Trinajstić information content (AvgIpc) is 2.28. The number of rotatable bonds is 5. The van der Waals surface area contributed by atoms with Crippen molar-refractivity contribution in [3.8, 4) is 6.07 Å². The molecule has 0 spiro atoms. The van der Waals surface area contributed by atoms with Crippen LogP contribution in [0.3, 0.4) is 0 Å². The van der Waals surface area contributed by atoms with Gasteiger partial charge in [0.15, 0.2) is 0 Å². The maximum absolute atomic E-state index is 13.5. The summed E-state index contributed by atoms with van der Waals surface area (Å²) in [6.45, 7) is 2.37. The van der Waals surface area contributed by atoms with E-state index in [1.807, 2.05) is 6.92 Å². The van der Waals surface area contributed by atoms with Crippen LogP contribution in [-0.4, -0.2) is 19.8 Å². The maximum Gasteiger partial charge on any atom is 0.131 e. The van der Waals surface area contributed by atoms with Gasteiger partial charge in [0.25, 0.3) is 0 Å². The van der Waals surface area contributed by atoms with E-state index in [2.05, 4.69) is 5.32 Å². The van der Waals surface area contributed by atoms with Gasteiger partial charge >= 0.3 is 0 Å². The third kappa shape index (κ3) is 3.77. The van der Waals surface area contributed by atoms with Crippen LogP contribution in [0.15, 0.2) is 12.1 Å². The molecule has 1 rings (SSSR count). The molecule has 92 valence electrons. The Balaban J connectivity index is 2.75. The first-order valence-electron chi connectivity index (χ1n) is 5.18. The van der Waals surface area contributed by atoms with Crippen LogP contribution >= 0.6 is 0 Å². The number of hydrogen-bond donors (Lipinski definition) is 1. The maximum atomic E-state index is 13.5. The molecule has 17 heavy (non-hydrogen) atoms. The zero-order valence-electron chi connectivity index (χ0n) is 9.76. The molecule has 0 aromatic heterocycles. The summed E-state index contributed by atoms with van der Waals surface area (Å²) in [5.41, 5.74) is -0.0827. The molecule has 0 aliphatic rings. The highest BCUT2D eigenvalue weighted by atomic mass is 19.1. The summed E-state index contributed by atoms with van der Waals surface area (Å²) >= 11 is 0. The fourth-order valence-electron chi connectivity index (χ4n) is 1.42. The zero-order valence-corrected chi connectivity index (χ0v) is 9.76. The first kappa shape index (κ1) is 13.6. The Morgan fingerprint density at radius 2 is 2.00 bits per heavy atom. The normalized spacial score (nSPS) is 12.2. The first-order valence-corrected chi connectivity index (χ1v) is 5.18. The monoisotopic (exact) mass is 240 g/mol. The van der Waals surface area contributed by atoms with E-state index in [1.54, 1.807) is 13.2 Å². The van der Waals surface area contributed by atoms with Crippen molar-refractivity contribution in [2.45, 2.75) is 19.5 Å². The van der Waals surface area contributed by atoms with Gasteiger partial charge < -0.3 is 10.1 Å². The highest BCUT2D eigenvalue weighted by Gasteiger charge is 2.12. The Hall–Kier alpha value is -1.51. The van der Waals surface area contributed by atoms with E-state index in [4.69, 9.17) is 10.00 Å². The molecule has 0 fully saturated rings. The standard InChI is InChI=1S/C12H14F2N2O/c1-8(7-17-2)16-6-10-11(13)3-9(5-15)4-12(10)14/h3-4,8,16H,6-7H2,1-2H3/t8-/m1/s1. The molecule has 0 saturated heterocycles. The van der Waals surface area contributed by atoms with Crippen LogP contribution in [0.25, 0.3) is 0 Å². The third-order valence-electron chi connectivity index (χ3n) is 2.31. The van der Waals surface area contributed by atoms with Gasteiger partial charge in [-0.25, -0.2) is 8.78 Å². The summed E-state index contributed by atoms with van der Waals surface area (Å²) in [5.74, 6) is -1.42. The van der Waals surface area contributed by atoms with Gasteiger partial charge in [-0.05, 0) is 19.1 Å². The number of hydrogen-bond acceptors (Lipinski definition) is 3. The molecule has 1 aromatic rings. The number of nitrogens with one attached hydrogen (secondary N) is 1. The average molecular weight is 240 g/mol. The van der Waals surface area contributed by atoms with Crippen LogP contribution in [0.1, 0.15) is 18.1 Å². The number of ether oxygens (including phenoxy) is 1. The Morgan fingerprint density at radius 3 is 2.47 bits per heavy atom. The second-order valence-corrected chi connectivity index (χ2v) is 3.77. The third-order valence-corrected chi connectivity index (χ3v) is 2.31. The fraction of sp³-hybridized carbons (Fsp3) is 0.417. The van der Waals surface area contributed by atoms with Crippen molar-refractivity contribution in [2.75, 3.05) is 13.7 Å². The number of methoxy groups -OCH3 is 1.